The maximum Gasteiger partial charge on any atom is 0.252 e. The predicted octanol–water partition coefficient (Wildman–Crippen LogP) is 5.18. The molecule has 0 aliphatic carbocycles. The van der Waals surface area contributed by atoms with E-state index in [1.165, 1.54) is 11.1 Å². The molecular formula is C25H22N2O. The predicted molar refractivity (Wildman–Crippen MR) is 114 cm³/mol. The molecule has 4 rings (SSSR count). The second kappa shape index (κ2) is 8.05. The van der Waals surface area contributed by atoms with Crippen molar-refractivity contribution >= 4 is 16.8 Å². The van der Waals surface area contributed by atoms with Crippen molar-refractivity contribution in [2.45, 2.75) is 13.3 Å². The quantitative estimate of drug-likeness (QED) is 0.529. The fourth-order valence-electron chi connectivity index (χ4n) is 3.38. The van der Waals surface area contributed by atoms with E-state index in [0.717, 1.165) is 28.6 Å². The van der Waals surface area contributed by atoms with Crippen LogP contribution in [0.5, 0.6) is 0 Å². The molecule has 28 heavy (non-hydrogen) atoms. The zero-order chi connectivity index (χ0) is 19.3. The van der Waals surface area contributed by atoms with Gasteiger partial charge in [-0.15, -0.1) is 0 Å². The molecule has 0 fully saturated rings. The number of hydrogen-bond acceptors (Lipinski definition) is 2. The Bertz CT molecular complexity index is 1120. The molecule has 0 saturated heterocycles. The maximum atomic E-state index is 13.0. The minimum atomic E-state index is -0.0663. The molecule has 0 unspecified atom stereocenters. The van der Waals surface area contributed by atoms with Crippen LogP contribution >= 0.6 is 0 Å². The lowest BCUT2D eigenvalue weighted by Crippen LogP contribution is -2.26. The van der Waals surface area contributed by atoms with Gasteiger partial charge in [-0.2, -0.15) is 0 Å². The molecule has 3 heteroatoms. The molecule has 1 aromatic heterocycles. The molecule has 4 aromatic rings. The summed E-state index contributed by atoms with van der Waals surface area (Å²) in [5, 5.41) is 3.93. The third-order valence-corrected chi connectivity index (χ3v) is 4.82. The number of para-hydroxylation sites is 1. The van der Waals surface area contributed by atoms with Gasteiger partial charge in [0.1, 0.15) is 0 Å². The van der Waals surface area contributed by atoms with Crippen LogP contribution < -0.4 is 5.32 Å². The number of fused-ring (bicyclic) bond motifs is 1. The van der Waals surface area contributed by atoms with Crippen molar-refractivity contribution < 1.29 is 4.79 Å². The topological polar surface area (TPSA) is 42.0 Å². The summed E-state index contributed by atoms with van der Waals surface area (Å²) in [7, 11) is 0. The highest BCUT2D eigenvalue weighted by Gasteiger charge is 2.13. The van der Waals surface area contributed by atoms with Crippen molar-refractivity contribution in [1.82, 2.24) is 10.3 Å². The van der Waals surface area contributed by atoms with E-state index in [9.17, 15) is 4.79 Å². The Morgan fingerprint density at radius 1 is 0.893 bits per heavy atom. The van der Waals surface area contributed by atoms with Crippen LogP contribution in [-0.2, 0) is 6.42 Å². The summed E-state index contributed by atoms with van der Waals surface area (Å²) in [6.07, 6.45) is 0.806. The third-order valence-electron chi connectivity index (χ3n) is 4.82. The summed E-state index contributed by atoms with van der Waals surface area (Å²) in [4.78, 5) is 17.7. The Labute approximate surface area is 165 Å². The Morgan fingerprint density at radius 3 is 2.50 bits per heavy atom. The monoisotopic (exact) mass is 366 g/mol. The molecule has 0 bridgehead atoms. The maximum absolute atomic E-state index is 13.0. The van der Waals surface area contributed by atoms with E-state index in [0.29, 0.717) is 12.1 Å². The highest BCUT2D eigenvalue weighted by molar-refractivity contribution is 6.07. The summed E-state index contributed by atoms with van der Waals surface area (Å²) in [5.41, 5.74) is 5.70. The first kappa shape index (κ1) is 17.9. The Kier molecular flexibility index (Phi) is 5.16. The minimum Gasteiger partial charge on any atom is -0.352 e. The summed E-state index contributed by atoms with van der Waals surface area (Å²) in [5.74, 6) is -0.0663. The smallest absolute Gasteiger partial charge is 0.252 e. The van der Waals surface area contributed by atoms with Crippen molar-refractivity contribution in [1.29, 1.82) is 0 Å². The molecule has 3 nitrogen and oxygen atoms in total. The number of nitrogens with one attached hydrogen (secondary N) is 1. The summed E-state index contributed by atoms with van der Waals surface area (Å²) in [6.45, 7) is 2.65. The van der Waals surface area contributed by atoms with Crippen molar-refractivity contribution in [3.8, 4) is 11.3 Å². The fraction of sp³-hybridized carbons (Fsp3) is 0.120. The number of benzene rings is 3. The largest absolute Gasteiger partial charge is 0.352 e. The van der Waals surface area contributed by atoms with E-state index in [2.05, 4.69) is 36.5 Å². The van der Waals surface area contributed by atoms with Crippen LogP contribution in [0, 0.1) is 6.92 Å². The number of carbonyl (C=O) groups excluding carboxylic acids is 1. The molecule has 0 atom stereocenters. The van der Waals surface area contributed by atoms with Crippen LogP contribution in [0.4, 0.5) is 0 Å². The van der Waals surface area contributed by atoms with Gasteiger partial charge in [0.25, 0.3) is 5.91 Å². The molecule has 1 N–H and O–H groups in total. The van der Waals surface area contributed by atoms with Gasteiger partial charge in [-0.3, -0.25) is 4.79 Å². The summed E-state index contributed by atoms with van der Waals surface area (Å²) in [6, 6.07) is 28.1. The first-order chi connectivity index (χ1) is 13.7. The van der Waals surface area contributed by atoms with Gasteiger partial charge in [0, 0.05) is 17.5 Å². The normalized spacial score (nSPS) is 10.8. The van der Waals surface area contributed by atoms with Crippen molar-refractivity contribution in [3.63, 3.8) is 0 Å². The van der Waals surface area contributed by atoms with Gasteiger partial charge in [-0.05, 0) is 37.1 Å². The van der Waals surface area contributed by atoms with Gasteiger partial charge < -0.3 is 5.32 Å². The summed E-state index contributed by atoms with van der Waals surface area (Å²) >= 11 is 0. The zero-order valence-corrected chi connectivity index (χ0v) is 15.9. The van der Waals surface area contributed by atoms with E-state index < -0.39 is 0 Å². The number of amides is 1. The molecule has 138 valence electrons. The Morgan fingerprint density at radius 2 is 1.68 bits per heavy atom. The van der Waals surface area contributed by atoms with Gasteiger partial charge in [0.15, 0.2) is 0 Å². The van der Waals surface area contributed by atoms with Crippen molar-refractivity contribution in [3.05, 3.63) is 102 Å². The SMILES string of the molecule is Cc1cccc(-c2cc(C(=O)NCCc3ccccc3)c3ccccc3n2)c1. The Balaban J connectivity index is 1.64. The van der Waals surface area contributed by atoms with E-state index in [-0.39, 0.29) is 5.91 Å². The second-order valence-corrected chi connectivity index (χ2v) is 6.93. The first-order valence-electron chi connectivity index (χ1n) is 9.50. The van der Waals surface area contributed by atoms with E-state index in [1.807, 2.05) is 60.7 Å². The highest BCUT2D eigenvalue weighted by Crippen LogP contribution is 2.25. The molecule has 1 amide bonds. The fourth-order valence-corrected chi connectivity index (χ4v) is 3.38. The molecule has 0 aliphatic rings. The molecule has 0 spiro atoms. The van der Waals surface area contributed by atoms with Crippen LogP contribution in [0.15, 0.2) is 84.9 Å². The molecule has 0 saturated carbocycles. The van der Waals surface area contributed by atoms with Crippen LogP contribution in [0.3, 0.4) is 0 Å². The highest BCUT2D eigenvalue weighted by atomic mass is 16.1. The lowest BCUT2D eigenvalue weighted by Gasteiger charge is -2.11. The molecule has 0 radical (unpaired) electrons. The summed E-state index contributed by atoms with van der Waals surface area (Å²) < 4.78 is 0. The average molecular weight is 366 g/mol. The van der Waals surface area contributed by atoms with Gasteiger partial charge in [-0.1, -0.05) is 72.3 Å². The standard InChI is InChI=1S/C25H22N2O/c1-18-8-7-11-20(16-18)24-17-22(21-12-5-6-13-23(21)27-24)25(28)26-15-14-19-9-3-2-4-10-19/h2-13,16-17H,14-15H2,1H3,(H,26,28). The average Bonchev–Trinajstić information content (AvgIpc) is 2.73. The number of carbonyl (C=O) groups is 1. The van der Waals surface area contributed by atoms with Crippen LogP contribution in [0.2, 0.25) is 0 Å². The number of hydrogen-bond donors (Lipinski definition) is 1. The van der Waals surface area contributed by atoms with Gasteiger partial charge in [0.05, 0.1) is 16.8 Å². The van der Waals surface area contributed by atoms with E-state index in [4.69, 9.17) is 4.98 Å². The number of aryl methyl sites for hydroxylation is 1. The molecule has 0 aliphatic heterocycles. The van der Waals surface area contributed by atoms with E-state index >= 15 is 0 Å². The van der Waals surface area contributed by atoms with Crippen molar-refractivity contribution in [2.24, 2.45) is 0 Å². The number of pyridine rings is 1. The van der Waals surface area contributed by atoms with Crippen LogP contribution in [0.25, 0.3) is 22.2 Å². The number of nitrogens with zero attached hydrogens (tertiary/aromatic N) is 1. The lowest BCUT2D eigenvalue weighted by atomic mass is 10.0. The molecule has 3 aromatic carbocycles. The van der Waals surface area contributed by atoms with Crippen LogP contribution in [-0.4, -0.2) is 17.4 Å². The van der Waals surface area contributed by atoms with E-state index in [1.54, 1.807) is 0 Å². The van der Waals surface area contributed by atoms with Gasteiger partial charge in [0.2, 0.25) is 0 Å². The number of aromatic nitrogens is 1. The number of rotatable bonds is 5. The van der Waals surface area contributed by atoms with Gasteiger partial charge >= 0.3 is 0 Å². The molecular weight excluding hydrogens is 344 g/mol. The zero-order valence-electron chi connectivity index (χ0n) is 15.9. The second-order valence-electron chi connectivity index (χ2n) is 6.93. The minimum absolute atomic E-state index is 0.0663. The van der Waals surface area contributed by atoms with Crippen LogP contribution in [0.1, 0.15) is 21.5 Å². The van der Waals surface area contributed by atoms with Gasteiger partial charge in [-0.25, -0.2) is 4.98 Å². The molecule has 1 heterocycles. The first-order valence-corrected chi connectivity index (χ1v) is 9.50. The third kappa shape index (κ3) is 3.94. The van der Waals surface area contributed by atoms with Crippen molar-refractivity contribution in [2.75, 3.05) is 6.54 Å². The lowest BCUT2D eigenvalue weighted by molar-refractivity contribution is 0.0956. The Hall–Kier alpha value is -3.46.